The molecule has 2 saturated heterocycles. The van der Waals surface area contributed by atoms with Gasteiger partial charge < -0.3 is 14.4 Å². The Morgan fingerprint density at radius 2 is 2.12 bits per heavy atom. The predicted molar refractivity (Wildman–Crippen MR) is 94.7 cm³/mol. The molecule has 0 radical (unpaired) electrons. The van der Waals surface area contributed by atoms with Gasteiger partial charge in [-0.2, -0.15) is 4.99 Å². The summed E-state index contributed by atoms with van der Waals surface area (Å²) in [6, 6.07) is 5.51. The summed E-state index contributed by atoms with van der Waals surface area (Å²) < 4.78 is 34.7. The Bertz CT molecular complexity index is 852. The maximum Gasteiger partial charge on any atom is 0.247 e. The fourth-order valence-electron chi connectivity index (χ4n) is 3.24. The average Bonchev–Trinajstić information content (AvgIpc) is 3.21. The van der Waals surface area contributed by atoms with E-state index in [0.717, 1.165) is 5.56 Å². The zero-order chi connectivity index (χ0) is 17.6. The highest BCUT2D eigenvalue weighted by Gasteiger charge is 2.48. The van der Waals surface area contributed by atoms with E-state index < -0.39 is 9.84 Å². The highest BCUT2D eigenvalue weighted by atomic mass is 32.2. The predicted octanol–water partition coefficient (Wildman–Crippen LogP) is 1.42. The van der Waals surface area contributed by atoms with Crippen LogP contribution in [0.1, 0.15) is 18.9 Å². The summed E-state index contributed by atoms with van der Waals surface area (Å²) in [5.41, 5.74) is 0.964. The van der Waals surface area contributed by atoms with Gasteiger partial charge in [0.05, 0.1) is 17.5 Å². The quantitative estimate of drug-likeness (QED) is 0.781. The molecule has 0 spiro atoms. The van der Waals surface area contributed by atoms with E-state index >= 15 is 0 Å². The van der Waals surface area contributed by atoms with E-state index in [1.54, 1.807) is 6.92 Å². The van der Waals surface area contributed by atoms with Gasteiger partial charge in [-0.25, -0.2) is 8.42 Å². The van der Waals surface area contributed by atoms with Crippen LogP contribution in [-0.4, -0.2) is 54.0 Å². The summed E-state index contributed by atoms with van der Waals surface area (Å²) in [4.78, 5) is 17.9. The Morgan fingerprint density at radius 3 is 2.92 bits per heavy atom. The Hall–Kier alpha value is -1.74. The number of carbonyl (C=O) groups is 1. The van der Waals surface area contributed by atoms with Gasteiger partial charge in [0.25, 0.3) is 0 Å². The number of hydrogen-bond acceptors (Lipinski definition) is 6. The van der Waals surface area contributed by atoms with Crippen LogP contribution in [0.2, 0.25) is 0 Å². The molecular weight excluding hydrogens is 364 g/mol. The molecule has 3 aliphatic heterocycles. The van der Waals surface area contributed by atoms with E-state index in [4.69, 9.17) is 9.47 Å². The van der Waals surface area contributed by atoms with Crippen LogP contribution < -0.4 is 9.47 Å². The molecule has 9 heteroatoms. The number of carbonyl (C=O) groups excluding carboxylic acids is 1. The van der Waals surface area contributed by atoms with Crippen molar-refractivity contribution < 1.29 is 22.7 Å². The van der Waals surface area contributed by atoms with Gasteiger partial charge >= 0.3 is 0 Å². The maximum absolute atomic E-state index is 12.0. The molecule has 1 aromatic carbocycles. The number of sulfone groups is 1. The second kappa shape index (κ2) is 6.21. The SMILES string of the molecule is CCC(=O)N=C1SC2CS(=O)(=O)CC2N1Cc1ccc2c(c1)OCO2. The molecule has 7 nitrogen and oxygen atoms in total. The van der Waals surface area contributed by atoms with Crippen LogP contribution in [-0.2, 0) is 21.2 Å². The van der Waals surface area contributed by atoms with Gasteiger partial charge in [-0.3, -0.25) is 4.79 Å². The molecule has 1 amide bonds. The molecule has 0 bridgehead atoms. The summed E-state index contributed by atoms with van der Waals surface area (Å²) in [5, 5.41) is 0.553. The first-order valence-corrected chi connectivity index (χ1v) is 10.8. The minimum atomic E-state index is -3.04. The van der Waals surface area contributed by atoms with E-state index in [1.165, 1.54) is 11.8 Å². The van der Waals surface area contributed by atoms with E-state index in [1.807, 2.05) is 23.1 Å². The number of nitrogens with zero attached hydrogens (tertiary/aromatic N) is 2. The molecule has 0 N–H and O–H groups in total. The number of ether oxygens (including phenoxy) is 2. The van der Waals surface area contributed by atoms with E-state index in [9.17, 15) is 13.2 Å². The van der Waals surface area contributed by atoms with Crippen LogP contribution in [0, 0.1) is 0 Å². The van der Waals surface area contributed by atoms with Gasteiger partial charge in [0, 0.05) is 18.2 Å². The van der Waals surface area contributed by atoms with Crippen molar-refractivity contribution in [3.8, 4) is 11.5 Å². The van der Waals surface area contributed by atoms with Gasteiger partial charge in [-0.1, -0.05) is 24.8 Å². The van der Waals surface area contributed by atoms with Gasteiger partial charge in [0.2, 0.25) is 12.7 Å². The summed E-state index contributed by atoms with van der Waals surface area (Å²) in [7, 11) is -3.04. The number of benzene rings is 1. The van der Waals surface area contributed by atoms with Crippen molar-refractivity contribution in [1.82, 2.24) is 4.90 Å². The standard InChI is InChI=1S/C16H18N2O5S2/c1-2-15(19)17-16-18(11-7-25(20,21)8-14(11)24-16)6-10-3-4-12-13(5-10)23-9-22-12/h3-5,11,14H,2,6-9H2,1H3. The number of amidine groups is 1. The number of fused-ring (bicyclic) bond motifs is 2. The lowest BCUT2D eigenvalue weighted by molar-refractivity contribution is -0.117. The molecule has 4 rings (SSSR count). The molecule has 25 heavy (non-hydrogen) atoms. The second-order valence-corrected chi connectivity index (χ2v) is 9.62. The maximum atomic E-state index is 12.0. The third-order valence-electron chi connectivity index (χ3n) is 4.49. The molecule has 2 atom stereocenters. The Morgan fingerprint density at radius 1 is 1.32 bits per heavy atom. The van der Waals surface area contributed by atoms with Crippen LogP contribution in [0.15, 0.2) is 23.2 Å². The first-order valence-electron chi connectivity index (χ1n) is 8.09. The minimum Gasteiger partial charge on any atom is -0.454 e. The van der Waals surface area contributed by atoms with Gasteiger partial charge in [0.1, 0.15) is 0 Å². The lowest BCUT2D eigenvalue weighted by Gasteiger charge is -2.24. The largest absolute Gasteiger partial charge is 0.454 e. The molecule has 0 saturated carbocycles. The Labute approximate surface area is 150 Å². The summed E-state index contributed by atoms with van der Waals surface area (Å²) in [6.45, 7) is 2.45. The molecule has 0 aliphatic carbocycles. The van der Waals surface area contributed by atoms with Crippen LogP contribution in [0.5, 0.6) is 11.5 Å². The van der Waals surface area contributed by atoms with Crippen molar-refractivity contribution in [2.75, 3.05) is 18.3 Å². The molecule has 134 valence electrons. The van der Waals surface area contributed by atoms with Gasteiger partial charge in [0.15, 0.2) is 26.5 Å². The highest BCUT2D eigenvalue weighted by Crippen LogP contribution is 2.40. The molecule has 3 aliphatic rings. The molecule has 0 aromatic heterocycles. The topological polar surface area (TPSA) is 85.3 Å². The number of aliphatic imine (C=N–C) groups is 1. The van der Waals surface area contributed by atoms with Crippen LogP contribution in [0.4, 0.5) is 0 Å². The fourth-order valence-corrected chi connectivity index (χ4v) is 7.21. The first kappa shape index (κ1) is 16.7. The zero-order valence-electron chi connectivity index (χ0n) is 13.7. The van der Waals surface area contributed by atoms with Crippen molar-refractivity contribution in [3.63, 3.8) is 0 Å². The molecule has 1 aromatic rings. The van der Waals surface area contributed by atoms with E-state index in [2.05, 4.69) is 4.99 Å². The summed E-state index contributed by atoms with van der Waals surface area (Å²) >= 11 is 1.40. The summed E-state index contributed by atoms with van der Waals surface area (Å²) in [5.74, 6) is 1.44. The van der Waals surface area contributed by atoms with Crippen LogP contribution in [0.3, 0.4) is 0 Å². The second-order valence-electron chi connectivity index (χ2n) is 6.26. The smallest absolute Gasteiger partial charge is 0.247 e. The van der Waals surface area contributed by atoms with Crippen LogP contribution in [0.25, 0.3) is 0 Å². The number of hydrogen-bond donors (Lipinski definition) is 0. The van der Waals surface area contributed by atoms with Crippen molar-refractivity contribution in [2.24, 2.45) is 4.99 Å². The van der Waals surface area contributed by atoms with E-state index in [-0.39, 0.29) is 35.5 Å². The number of thioether (sulfide) groups is 1. The van der Waals surface area contributed by atoms with Gasteiger partial charge in [-0.05, 0) is 17.7 Å². The third kappa shape index (κ3) is 3.22. The number of amides is 1. The van der Waals surface area contributed by atoms with Gasteiger partial charge in [-0.15, -0.1) is 0 Å². The normalized spacial score (nSPS) is 27.7. The Balaban J connectivity index is 1.63. The van der Waals surface area contributed by atoms with E-state index in [0.29, 0.717) is 29.6 Å². The average molecular weight is 382 g/mol. The monoisotopic (exact) mass is 382 g/mol. The first-order chi connectivity index (χ1) is 11.9. The van der Waals surface area contributed by atoms with Crippen molar-refractivity contribution in [2.45, 2.75) is 31.2 Å². The molecule has 2 unspecified atom stereocenters. The molecular formula is C16H18N2O5S2. The number of rotatable bonds is 3. The summed E-state index contributed by atoms with van der Waals surface area (Å²) in [6.07, 6.45) is 0.329. The highest BCUT2D eigenvalue weighted by molar-refractivity contribution is 8.15. The van der Waals surface area contributed by atoms with Crippen molar-refractivity contribution in [1.29, 1.82) is 0 Å². The minimum absolute atomic E-state index is 0.0672. The molecule has 2 fully saturated rings. The zero-order valence-corrected chi connectivity index (χ0v) is 15.3. The molecule has 3 heterocycles. The Kier molecular flexibility index (Phi) is 4.15. The van der Waals surface area contributed by atoms with Crippen molar-refractivity contribution >= 4 is 32.7 Å². The lowest BCUT2D eigenvalue weighted by Crippen LogP contribution is -2.37. The third-order valence-corrected chi connectivity index (χ3v) is 7.74. The van der Waals surface area contributed by atoms with Crippen molar-refractivity contribution in [3.05, 3.63) is 23.8 Å². The fraction of sp³-hybridized carbons (Fsp3) is 0.500. The van der Waals surface area contributed by atoms with Crippen LogP contribution >= 0.6 is 11.8 Å². The lowest BCUT2D eigenvalue weighted by atomic mass is 10.1.